The lowest BCUT2D eigenvalue weighted by Crippen LogP contribution is -2.71. The number of fused-ring (bicyclic) bond motifs is 1. The number of rotatable bonds is 5. The molecule has 4 N–H and O–H groups in total. The van der Waals surface area contributed by atoms with E-state index in [1.807, 2.05) is 0 Å². The van der Waals surface area contributed by atoms with Crippen LogP contribution in [0.15, 0.2) is 33.9 Å². The van der Waals surface area contributed by atoms with Crippen LogP contribution < -0.4 is 5.32 Å². The van der Waals surface area contributed by atoms with E-state index in [9.17, 15) is 24.6 Å². The monoisotopic (exact) mass is 383 g/mol. The van der Waals surface area contributed by atoms with Gasteiger partial charge in [-0.25, -0.2) is 4.79 Å². The van der Waals surface area contributed by atoms with Crippen molar-refractivity contribution in [3.05, 3.63) is 33.7 Å². The molecule has 1 fully saturated rings. The summed E-state index contributed by atoms with van der Waals surface area (Å²) in [5, 5.41) is 34.2. The SMILES string of the molecule is O=C(O)C1=C(CO)CS[C@@H]2[C@H](NC(=O)C(=NO)c3cccs3)C(=O)N12. The molecule has 1 aromatic rings. The van der Waals surface area contributed by atoms with Gasteiger partial charge in [0, 0.05) is 5.75 Å². The number of thiophene rings is 1. The van der Waals surface area contributed by atoms with Crippen molar-refractivity contribution in [1.29, 1.82) is 0 Å². The van der Waals surface area contributed by atoms with Gasteiger partial charge in [-0.1, -0.05) is 11.2 Å². The summed E-state index contributed by atoms with van der Waals surface area (Å²) < 4.78 is 0. The number of aliphatic carboxylic acids is 1. The zero-order chi connectivity index (χ0) is 18.1. The van der Waals surface area contributed by atoms with Crippen molar-refractivity contribution in [2.45, 2.75) is 11.4 Å². The number of hydrogen-bond acceptors (Lipinski definition) is 8. The number of oxime groups is 1. The summed E-state index contributed by atoms with van der Waals surface area (Å²) >= 11 is 2.45. The first-order valence-electron chi connectivity index (χ1n) is 7.07. The summed E-state index contributed by atoms with van der Waals surface area (Å²) in [7, 11) is 0. The summed E-state index contributed by atoms with van der Waals surface area (Å²) in [6, 6.07) is 2.36. The Morgan fingerprint density at radius 3 is 2.76 bits per heavy atom. The van der Waals surface area contributed by atoms with Crippen molar-refractivity contribution in [1.82, 2.24) is 10.2 Å². The molecule has 2 aliphatic heterocycles. The fourth-order valence-electron chi connectivity index (χ4n) is 2.63. The number of thioether (sulfide) groups is 1. The quantitative estimate of drug-likeness (QED) is 0.236. The highest BCUT2D eigenvalue weighted by molar-refractivity contribution is 8.00. The highest BCUT2D eigenvalue weighted by atomic mass is 32.2. The van der Waals surface area contributed by atoms with Gasteiger partial charge in [0.05, 0.1) is 11.5 Å². The number of carbonyl (C=O) groups is 3. The van der Waals surface area contributed by atoms with Gasteiger partial charge in [0.1, 0.15) is 17.1 Å². The number of nitrogens with zero attached hydrogens (tertiary/aromatic N) is 2. The summed E-state index contributed by atoms with van der Waals surface area (Å²) in [5.41, 5.74) is -0.203. The molecule has 9 nitrogen and oxygen atoms in total. The number of carboxylic acids is 1. The van der Waals surface area contributed by atoms with Crippen LogP contribution in [0.1, 0.15) is 4.88 Å². The van der Waals surface area contributed by atoms with E-state index in [1.165, 1.54) is 23.1 Å². The van der Waals surface area contributed by atoms with Crippen LogP contribution in [0.5, 0.6) is 0 Å². The zero-order valence-electron chi connectivity index (χ0n) is 12.6. The van der Waals surface area contributed by atoms with Crippen molar-refractivity contribution in [2.24, 2.45) is 5.16 Å². The van der Waals surface area contributed by atoms with Crippen molar-refractivity contribution < 1.29 is 29.8 Å². The average molecular weight is 383 g/mol. The Hall–Kier alpha value is -2.37. The van der Waals surface area contributed by atoms with Crippen LogP contribution in [0, 0.1) is 0 Å². The number of carbonyl (C=O) groups excluding carboxylic acids is 2. The van der Waals surface area contributed by atoms with Gasteiger partial charge >= 0.3 is 5.97 Å². The smallest absolute Gasteiger partial charge is 0.352 e. The molecule has 11 heteroatoms. The third-order valence-electron chi connectivity index (χ3n) is 3.80. The van der Waals surface area contributed by atoms with Crippen molar-refractivity contribution in [3.63, 3.8) is 0 Å². The Morgan fingerprint density at radius 1 is 1.44 bits per heavy atom. The third kappa shape index (κ3) is 2.90. The molecule has 132 valence electrons. The molecule has 0 aromatic carbocycles. The summed E-state index contributed by atoms with van der Waals surface area (Å²) in [6.45, 7) is -0.456. The van der Waals surface area contributed by atoms with Crippen LogP contribution in [0.3, 0.4) is 0 Å². The van der Waals surface area contributed by atoms with Gasteiger partial charge < -0.3 is 20.7 Å². The van der Waals surface area contributed by atoms with E-state index >= 15 is 0 Å². The van der Waals surface area contributed by atoms with Gasteiger partial charge in [-0.15, -0.1) is 23.1 Å². The maximum atomic E-state index is 12.3. The second kappa shape index (κ2) is 6.86. The number of aliphatic hydroxyl groups is 1. The number of hydrogen-bond donors (Lipinski definition) is 4. The lowest BCUT2D eigenvalue weighted by Gasteiger charge is -2.49. The third-order valence-corrected chi connectivity index (χ3v) is 6.01. The molecule has 0 saturated carbocycles. The van der Waals surface area contributed by atoms with E-state index in [0.717, 1.165) is 4.90 Å². The average Bonchev–Trinajstić information content (AvgIpc) is 3.12. The fraction of sp³-hybridized carbons (Fsp3) is 0.286. The minimum Gasteiger partial charge on any atom is -0.477 e. The van der Waals surface area contributed by atoms with Gasteiger partial charge in [-0.05, 0) is 17.0 Å². The second-order valence-corrected chi connectivity index (χ2v) is 7.25. The number of aliphatic hydroxyl groups excluding tert-OH is 1. The molecule has 25 heavy (non-hydrogen) atoms. The van der Waals surface area contributed by atoms with Crippen LogP contribution in [0.2, 0.25) is 0 Å². The highest BCUT2D eigenvalue weighted by Gasteiger charge is 2.54. The number of carboxylic acid groups (broad SMARTS) is 1. The van der Waals surface area contributed by atoms with Gasteiger partial charge in [0.2, 0.25) is 0 Å². The molecular weight excluding hydrogens is 370 g/mol. The minimum atomic E-state index is -1.30. The van der Waals surface area contributed by atoms with Crippen molar-refractivity contribution >= 4 is 46.6 Å². The number of amides is 2. The number of β-lactam (4-membered cyclic amide) rings is 1. The second-order valence-electron chi connectivity index (χ2n) is 5.20. The molecule has 0 spiro atoms. The summed E-state index contributed by atoms with van der Waals surface area (Å²) in [5.74, 6) is -2.37. The maximum Gasteiger partial charge on any atom is 0.352 e. The van der Waals surface area contributed by atoms with Gasteiger partial charge in [-0.3, -0.25) is 14.5 Å². The Balaban J connectivity index is 1.77. The van der Waals surface area contributed by atoms with Gasteiger partial charge in [0.25, 0.3) is 11.8 Å². The summed E-state index contributed by atoms with van der Waals surface area (Å²) in [4.78, 5) is 37.5. The minimum absolute atomic E-state index is 0.216. The first kappa shape index (κ1) is 17.5. The lowest BCUT2D eigenvalue weighted by molar-refractivity contribution is -0.150. The molecule has 0 bridgehead atoms. The molecule has 0 unspecified atom stereocenters. The van der Waals surface area contributed by atoms with E-state index < -0.39 is 35.8 Å². The first-order valence-corrected chi connectivity index (χ1v) is 9.00. The predicted octanol–water partition coefficient (Wildman–Crippen LogP) is -0.343. The largest absolute Gasteiger partial charge is 0.477 e. The molecule has 1 aromatic heterocycles. The van der Waals surface area contributed by atoms with Gasteiger partial charge in [-0.2, -0.15) is 0 Å². The predicted molar refractivity (Wildman–Crippen MR) is 89.4 cm³/mol. The Labute approximate surface area is 149 Å². The van der Waals surface area contributed by atoms with Crippen molar-refractivity contribution in [3.8, 4) is 0 Å². The standard InChI is InChI=1S/C14H13N3O6S2/c18-4-6-5-25-13-9(12(20)17(13)10(6)14(21)22)15-11(19)8(16-23)7-2-1-3-24-7/h1-3,9,13,18,23H,4-5H2,(H,15,19)(H,21,22)/t9-,13-/m1/s1. The van der Waals surface area contributed by atoms with Crippen LogP contribution in [-0.2, 0) is 14.4 Å². The molecule has 0 aliphatic carbocycles. The van der Waals surface area contributed by atoms with Crippen LogP contribution in [-0.4, -0.2) is 67.6 Å². The lowest BCUT2D eigenvalue weighted by atomic mass is 10.0. The molecule has 3 rings (SSSR count). The van der Waals surface area contributed by atoms with Crippen molar-refractivity contribution in [2.75, 3.05) is 12.4 Å². The molecule has 2 atom stereocenters. The van der Waals surface area contributed by atoms with Gasteiger partial charge in [0.15, 0.2) is 5.71 Å². The maximum absolute atomic E-state index is 12.3. The van der Waals surface area contributed by atoms with E-state index in [4.69, 9.17) is 5.21 Å². The normalized spacial score (nSPS) is 23.2. The molecule has 0 radical (unpaired) electrons. The van der Waals surface area contributed by atoms with Crippen LogP contribution >= 0.6 is 23.1 Å². The van der Waals surface area contributed by atoms with E-state index in [2.05, 4.69) is 10.5 Å². The molecule has 2 aliphatic rings. The highest BCUT2D eigenvalue weighted by Crippen LogP contribution is 2.40. The number of nitrogens with one attached hydrogen (secondary N) is 1. The molecule has 1 saturated heterocycles. The Bertz CT molecular complexity index is 788. The first-order chi connectivity index (χ1) is 12.0. The van der Waals surface area contributed by atoms with E-state index in [0.29, 0.717) is 4.88 Å². The van der Waals surface area contributed by atoms with Crippen LogP contribution in [0.25, 0.3) is 0 Å². The topological polar surface area (TPSA) is 140 Å². The van der Waals surface area contributed by atoms with E-state index in [-0.39, 0.29) is 22.7 Å². The Morgan fingerprint density at radius 2 is 2.20 bits per heavy atom. The fourth-order valence-corrected chi connectivity index (χ4v) is 4.68. The Kier molecular flexibility index (Phi) is 4.79. The van der Waals surface area contributed by atoms with Crippen LogP contribution in [0.4, 0.5) is 0 Å². The molecule has 2 amide bonds. The zero-order valence-corrected chi connectivity index (χ0v) is 14.2. The van der Waals surface area contributed by atoms with E-state index in [1.54, 1.807) is 17.5 Å². The summed E-state index contributed by atoms with van der Waals surface area (Å²) in [6.07, 6.45) is 0. The molecule has 3 heterocycles. The molecular formula is C14H13N3O6S2.